The molecule has 2 nitrogen and oxygen atoms in total. The van der Waals surface area contributed by atoms with E-state index in [0.717, 1.165) is 17.8 Å². The maximum atomic E-state index is 4.15. The molecule has 0 aromatic carbocycles. The number of hydrogen-bond acceptors (Lipinski definition) is 2. The lowest BCUT2D eigenvalue weighted by molar-refractivity contribution is 1.17. The van der Waals surface area contributed by atoms with E-state index in [4.69, 9.17) is 0 Å². The summed E-state index contributed by atoms with van der Waals surface area (Å²) in [5.41, 5.74) is 3.40. The van der Waals surface area contributed by atoms with E-state index in [9.17, 15) is 0 Å². The molecule has 2 heterocycles. The van der Waals surface area contributed by atoms with Crippen LogP contribution in [0.5, 0.6) is 0 Å². The molecule has 0 saturated heterocycles. The van der Waals surface area contributed by atoms with E-state index < -0.39 is 0 Å². The van der Waals surface area contributed by atoms with Gasteiger partial charge in [0.05, 0.1) is 11.9 Å². The first-order valence-electron chi connectivity index (χ1n) is 3.34. The maximum Gasteiger partial charge on any atom is 0.0844 e. The monoisotopic (exact) mass is 132 g/mol. The highest BCUT2D eigenvalue weighted by atomic mass is 14.8. The second-order valence-corrected chi connectivity index (χ2v) is 2.47. The van der Waals surface area contributed by atoms with E-state index in [1.807, 2.05) is 19.3 Å². The Balaban J connectivity index is 2.59. The van der Waals surface area contributed by atoms with Crippen molar-refractivity contribution in [2.24, 2.45) is 4.99 Å². The first-order valence-corrected chi connectivity index (χ1v) is 3.34. The molecule has 1 aromatic rings. The van der Waals surface area contributed by atoms with Crippen LogP contribution in [0, 0.1) is 6.92 Å². The fourth-order valence-electron chi connectivity index (χ4n) is 1.13. The van der Waals surface area contributed by atoms with Gasteiger partial charge in [0.15, 0.2) is 0 Å². The molecule has 0 radical (unpaired) electrons. The van der Waals surface area contributed by atoms with Crippen molar-refractivity contribution in [1.29, 1.82) is 0 Å². The molecule has 2 rings (SSSR count). The van der Waals surface area contributed by atoms with Crippen LogP contribution in [0.25, 0.3) is 0 Å². The van der Waals surface area contributed by atoms with Crippen molar-refractivity contribution in [2.45, 2.75) is 13.3 Å². The molecule has 1 aromatic heterocycles. The van der Waals surface area contributed by atoms with Crippen LogP contribution in [0.15, 0.2) is 17.3 Å². The molecule has 0 N–H and O–H groups in total. The third-order valence-corrected chi connectivity index (χ3v) is 1.64. The van der Waals surface area contributed by atoms with Crippen molar-refractivity contribution in [1.82, 2.24) is 4.98 Å². The predicted octanol–water partition coefficient (Wildman–Crippen LogP) is 1.65. The van der Waals surface area contributed by atoms with Crippen molar-refractivity contribution in [3.8, 4) is 0 Å². The first-order chi connectivity index (χ1) is 4.86. The molecular formula is C8H8N2. The Labute approximate surface area is 59.6 Å². The van der Waals surface area contributed by atoms with E-state index in [2.05, 4.69) is 16.0 Å². The quantitative estimate of drug-likeness (QED) is 0.527. The smallest absolute Gasteiger partial charge is 0.0844 e. The SMILES string of the molecule is Cc1cc2c(cn1)N=CC2. The zero-order valence-electron chi connectivity index (χ0n) is 5.83. The Morgan fingerprint density at radius 1 is 1.50 bits per heavy atom. The first kappa shape index (κ1) is 5.59. The van der Waals surface area contributed by atoms with Gasteiger partial charge in [-0.1, -0.05) is 0 Å². The molecule has 1 aliphatic rings. The zero-order valence-corrected chi connectivity index (χ0v) is 5.83. The highest BCUT2D eigenvalue weighted by molar-refractivity contribution is 5.75. The second kappa shape index (κ2) is 1.90. The molecule has 1 aliphatic heterocycles. The number of hydrogen-bond donors (Lipinski definition) is 0. The number of aryl methyl sites for hydroxylation is 1. The van der Waals surface area contributed by atoms with Crippen LogP contribution in [0.2, 0.25) is 0 Å². The zero-order chi connectivity index (χ0) is 6.97. The van der Waals surface area contributed by atoms with Crippen molar-refractivity contribution in [2.75, 3.05) is 0 Å². The van der Waals surface area contributed by atoms with Crippen LogP contribution >= 0.6 is 0 Å². The molecule has 0 unspecified atom stereocenters. The minimum absolute atomic E-state index is 0.971. The molecule has 0 amide bonds. The Hall–Kier alpha value is -1.18. The van der Waals surface area contributed by atoms with Crippen molar-refractivity contribution in [3.05, 3.63) is 23.5 Å². The Kier molecular flexibility index (Phi) is 1.07. The summed E-state index contributed by atoms with van der Waals surface area (Å²) in [6, 6.07) is 2.09. The van der Waals surface area contributed by atoms with E-state index in [0.29, 0.717) is 0 Å². The van der Waals surface area contributed by atoms with Crippen molar-refractivity contribution in [3.63, 3.8) is 0 Å². The van der Waals surface area contributed by atoms with Gasteiger partial charge in [0.1, 0.15) is 0 Å². The third kappa shape index (κ3) is 0.727. The van der Waals surface area contributed by atoms with Gasteiger partial charge in [-0.2, -0.15) is 0 Å². The summed E-state index contributed by atoms with van der Waals surface area (Å²) in [4.78, 5) is 8.29. The predicted molar refractivity (Wildman–Crippen MR) is 40.8 cm³/mol. The summed E-state index contributed by atoms with van der Waals surface area (Å²) in [5.74, 6) is 0. The topological polar surface area (TPSA) is 25.2 Å². The molecule has 10 heavy (non-hydrogen) atoms. The third-order valence-electron chi connectivity index (χ3n) is 1.64. The van der Waals surface area contributed by atoms with E-state index >= 15 is 0 Å². The molecule has 0 aliphatic carbocycles. The molecule has 0 bridgehead atoms. The lowest BCUT2D eigenvalue weighted by Crippen LogP contribution is -1.83. The highest BCUT2D eigenvalue weighted by Crippen LogP contribution is 2.22. The van der Waals surface area contributed by atoms with Crippen LogP contribution in [0.1, 0.15) is 11.3 Å². The minimum atomic E-state index is 0.971. The Morgan fingerprint density at radius 3 is 3.30 bits per heavy atom. The molecule has 0 spiro atoms. The van der Waals surface area contributed by atoms with Gasteiger partial charge < -0.3 is 0 Å². The summed E-state index contributed by atoms with van der Waals surface area (Å²) in [6.45, 7) is 2.00. The lowest BCUT2D eigenvalue weighted by Gasteiger charge is -1.95. The summed E-state index contributed by atoms with van der Waals surface area (Å²) in [5, 5.41) is 0. The van der Waals surface area contributed by atoms with Gasteiger partial charge in [-0.15, -0.1) is 0 Å². The molecule has 50 valence electrons. The van der Waals surface area contributed by atoms with Gasteiger partial charge in [-0.3, -0.25) is 9.98 Å². The summed E-state index contributed by atoms with van der Waals surface area (Å²) < 4.78 is 0. The van der Waals surface area contributed by atoms with Gasteiger partial charge in [-0.25, -0.2) is 0 Å². The van der Waals surface area contributed by atoms with Crippen LogP contribution in [0.4, 0.5) is 5.69 Å². The average molecular weight is 132 g/mol. The van der Waals surface area contributed by atoms with Gasteiger partial charge >= 0.3 is 0 Å². The fourth-order valence-corrected chi connectivity index (χ4v) is 1.13. The Bertz CT molecular complexity index is 289. The molecule has 2 heteroatoms. The molecule has 0 saturated carbocycles. The Morgan fingerprint density at radius 2 is 2.40 bits per heavy atom. The normalized spacial score (nSPS) is 13.7. The van der Waals surface area contributed by atoms with Crippen molar-refractivity contribution < 1.29 is 0 Å². The standard InChI is InChI=1S/C8H8N2/c1-6-4-7-2-3-9-8(7)5-10-6/h3-5H,2H2,1H3. The number of pyridine rings is 1. The van der Waals surface area contributed by atoms with Crippen LogP contribution < -0.4 is 0 Å². The number of rotatable bonds is 0. The van der Waals surface area contributed by atoms with Crippen LogP contribution in [-0.4, -0.2) is 11.2 Å². The van der Waals surface area contributed by atoms with E-state index in [1.54, 1.807) is 0 Å². The number of aromatic nitrogens is 1. The minimum Gasteiger partial charge on any atom is -0.259 e. The largest absolute Gasteiger partial charge is 0.259 e. The number of nitrogens with zero attached hydrogens (tertiary/aromatic N) is 2. The summed E-state index contributed by atoms with van der Waals surface area (Å²) >= 11 is 0. The lowest BCUT2D eigenvalue weighted by atomic mass is 10.2. The van der Waals surface area contributed by atoms with Gasteiger partial charge in [0.25, 0.3) is 0 Å². The van der Waals surface area contributed by atoms with Gasteiger partial charge in [-0.05, 0) is 18.6 Å². The maximum absolute atomic E-state index is 4.15. The average Bonchev–Trinajstić information content (AvgIpc) is 2.33. The van der Waals surface area contributed by atoms with Crippen molar-refractivity contribution >= 4 is 11.9 Å². The summed E-state index contributed by atoms with van der Waals surface area (Å²) in [7, 11) is 0. The molecule has 0 fully saturated rings. The van der Waals surface area contributed by atoms with E-state index in [-0.39, 0.29) is 0 Å². The highest BCUT2D eigenvalue weighted by Gasteiger charge is 2.05. The summed E-state index contributed by atoms with van der Waals surface area (Å²) in [6.07, 6.45) is 4.72. The van der Waals surface area contributed by atoms with Gasteiger partial charge in [0, 0.05) is 18.3 Å². The van der Waals surface area contributed by atoms with Crippen LogP contribution in [0.3, 0.4) is 0 Å². The number of aliphatic imine (C=N–C) groups is 1. The molecular weight excluding hydrogens is 124 g/mol. The second-order valence-electron chi connectivity index (χ2n) is 2.47. The molecule has 0 atom stereocenters. The number of fused-ring (bicyclic) bond motifs is 1. The fraction of sp³-hybridized carbons (Fsp3) is 0.250. The van der Waals surface area contributed by atoms with Crippen LogP contribution in [-0.2, 0) is 6.42 Å². The van der Waals surface area contributed by atoms with Gasteiger partial charge in [0.2, 0.25) is 0 Å². The van der Waals surface area contributed by atoms with E-state index in [1.165, 1.54) is 5.56 Å².